The summed E-state index contributed by atoms with van der Waals surface area (Å²) >= 11 is 0. The number of pyridine rings is 2. The topological polar surface area (TPSA) is 25.8 Å². The summed E-state index contributed by atoms with van der Waals surface area (Å²) in [5.74, 6) is 0. The average molecular weight is 293 g/mol. The second-order valence-electron chi connectivity index (χ2n) is 2.54. The van der Waals surface area contributed by atoms with Crippen molar-refractivity contribution in [1.82, 2.24) is 9.97 Å². The van der Waals surface area contributed by atoms with E-state index in [9.17, 15) is 0 Å². The molecule has 0 saturated carbocycles. The highest BCUT2D eigenvalue weighted by Crippen LogP contribution is 2.35. The van der Waals surface area contributed by atoms with E-state index >= 15 is 0 Å². The maximum absolute atomic E-state index is 4.05. The Kier molecular flexibility index (Phi) is 8.47. The fourth-order valence-corrected chi connectivity index (χ4v) is 2.73. The molecule has 0 fully saturated rings. The van der Waals surface area contributed by atoms with Crippen LogP contribution in [-0.4, -0.2) is 9.97 Å². The summed E-state index contributed by atoms with van der Waals surface area (Å²) < 4.78 is 0. The van der Waals surface area contributed by atoms with E-state index in [2.05, 4.69) is 9.97 Å². The van der Waals surface area contributed by atoms with Gasteiger partial charge in [0.2, 0.25) is 0 Å². The Balaban J connectivity index is 0.00000112. The van der Waals surface area contributed by atoms with Gasteiger partial charge in [0.1, 0.15) is 0 Å². The van der Waals surface area contributed by atoms with E-state index in [0.717, 1.165) is 9.79 Å². The van der Waals surface area contributed by atoms with Crippen molar-refractivity contribution < 1.29 is 0 Å². The first-order valence-corrected chi connectivity index (χ1v) is 6.25. The number of rotatable bonds is 3. The minimum Gasteiger partial charge on any atom is -0.264 e. The largest absolute Gasteiger partial charge is 0.264 e. The molecule has 0 N–H and O–H groups in total. The van der Waals surface area contributed by atoms with Crippen molar-refractivity contribution in [3.8, 4) is 0 Å². The van der Waals surface area contributed by atoms with Crippen LogP contribution in [0.2, 0.25) is 0 Å². The van der Waals surface area contributed by atoms with Crippen LogP contribution < -0.4 is 0 Å². The molecular weight excluding hydrogens is 283 g/mol. The van der Waals surface area contributed by atoms with Gasteiger partial charge in [-0.2, -0.15) is 0 Å². The minimum atomic E-state index is 0. The van der Waals surface area contributed by atoms with Crippen LogP contribution in [-0.2, 0) is 0 Å². The van der Waals surface area contributed by atoms with Crippen molar-refractivity contribution in [2.45, 2.75) is 9.79 Å². The van der Waals surface area contributed by atoms with Crippen LogP contribution in [0.4, 0.5) is 0 Å². The highest BCUT2D eigenvalue weighted by atomic mass is 35.5. The fraction of sp³-hybridized carbons (Fsp3) is 0. The molecule has 6 heteroatoms. The molecule has 0 aliphatic rings. The van der Waals surface area contributed by atoms with E-state index < -0.39 is 0 Å². The molecule has 2 rings (SSSR count). The smallest absolute Gasteiger partial charge is 0.0412 e. The van der Waals surface area contributed by atoms with Crippen LogP contribution in [0, 0.1) is 0 Å². The molecule has 2 heterocycles. The Bertz CT molecular complexity index is 347. The maximum Gasteiger partial charge on any atom is 0.0412 e. The van der Waals surface area contributed by atoms with Gasteiger partial charge in [0.15, 0.2) is 0 Å². The lowest BCUT2D eigenvalue weighted by Gasteiger charge is -1.98. The number of nitrogens with zero attached hydrogens (tertiary/aromatic N) is 2. The lowest BCUT2D eigenvalue weighted by atomic mass is 10.5. The Hall–Kier alpha value is -0.420. The van der Waals surface area contributed by atoms with Gasteiger partial charge in [-0.15, -0.1) is 24.8 Å². The van der Waals surface area contributed by atoms with Crippen LogP contribution in [0.5, 0.6) is 0 Å². The van der Waals surface area contributed by atoms with Gasteiger partial charge in [-0.25, -0.2) is 0 Å². The van der Waals surface area contributed by atoms with Crippen LogP contribution in [0.25, 0.3) is 0 Å². The minimum absolute atomic E-state index is 0. The van der Waals surface area contributed by atoms with Crippen LogP contribution in [0.3, 0.4) is 0 Å². The molecule has 0 amide bonds. The highest BCUT2D eigenvalue weighted by Gasteiger charge is 1.95. The zero-order valence-corrected chi connectivity index (χ0v) is 11.4. The Morgan fingerprint density at radius 3 is 1.50 bits per heavy atom. The number of hydrogen-bond acceptors (Lipinski definition) is 4. The quantitative estimate of drug-likeness (QED) is 0.795. The van der Waals surface area contributed by atoms with Crippen molar-refractivity contribution in [2.24, 2.45) is 0 Å². The summed E-state index contributed by atoms with van der Waals surface area (Å²) in [5, 5.41) is 0. The van der Waals surface area contributed by atoms with Crippen molar-refractivity contribution in [2.75, 3.05) is 0 Å². The standard InChI is InChI=1S/C10H8N2S2.2ClH/c1-3-9(7-11-5-1)13-14-10-4-2-6-12-8-10;;/h1-8H;2*1H. The molecule has 0 aliphatic carbocycles. The molecule has 0 atom stereocenters. The molecule has 86 valence electrons. The molecular formula is C10H10Cl2N2S2. The number of hydrogen-bond donors (Lipinski definition) is 0. The van der Waals surface area contributed by atoms with Crippen molar-refractivity contribution >= 4 is 46.4 Å². The zero-order chi connectivity index (χ0) is 9.64. The molecule has 0 aliphatic heterocycles. The third kappa shape index (κ3) is 5.07. The van der Waals surface area contributed by atoms with Crippen molar-refractivity contribution in [1.29, 1.82) is 0 Å². The lowest BCUT2D eigenvalue weighted by molar-refractivity contribution is 1.24. The molecule has 0 aromatic carbocycles. The normalized spacial score (nSPS) is 8.75. The van der Waals surface area contributed by atoms with Crippen LogP contribution in [0.1, 0.15) is 0 Å². The molecule has 0 unspecified atom stereocenters. The first-order valence-electron chi connectivity index (χ1n) is 4.10. The van der Waals surface area contributed by atoms with Gasteiger partial charge in [-0.05, 0) is 24.3 Å². The molecule has 2 nitrogen and oxygen atoms in total. The highest BCUT2D eigenvalue weighted by molar-refractivity contribution is 8.76. The summed E-state index contributed by atoms with van der Waals surface area (Å²) in [6.45, 7) is 0. The molecule has 0 spiro atoms. The third-order valence-corrected chi connectivity index (χ3v) is 3.86. The molecule has 16 heavy (non-hydrogen) atoms. The number of aromatic nitrogens is 2. The first-order chi connectivity index (χ1) is 6.95. The lowest BCUT2D eigenvalue weighted by Crippen LogP contribution is -1.72. The maximum atomic E-state index is 4.05. The average Bonchev–Trinajstić information content (AvgIpc) is 2.29. The van der Waals surface area contributed by atoms with Gasteiger partial charge in [-0.3, -0.25) is 9.97 Å². The van der Waals surface area contributed by atoms with Crippen molar-refractivity contribution in [3.63, 3.8) is 0 Å². The predicted molar refractivity (Wildman–Crippen MR) is 74.7 cm³/mol. The van der Waals surface area contributed by atoms with Crippen LogP contribution >= 0.6 is 46.4 Å². The Morgan fingerprint density at radius 1 is 0.750 bits per heavy atom. The molecule has 2 aromatic rings. The van der Waals surface area contributed by atoms with Gasteiger partial charge in [0.05, 0.1) is 0 Å². The van der Waals surface area contributed by atoms with E-state index in [-0.39, 0.29) is 24.8 Å². The number of halogens is 2. The molecule has 0 bridgehead atoms. The summed E-state index contributed by atoms with van der Waals surface area (Å²) in [7, 11) is 3.38. The zero-order valence-electron chi connectivity index (χ0n) is 8.15. The van der Waals surface area contributed by atoms with E-state index in [4.69, 9.17) is 0 Å². The Labute approximate surface area is 115 Å². The third-order valence-electron chi connectivity index (χ3n) is 1.50. The van der Waals surface area contributed by atoms with Gasteiger partial charge >= 0.3 is 0 Å². The molecule has 0 radical (unpaired) electrons. The Morgan fingerprint density at radius 2 is 1.19 bits per heavy atom. The SMILES string of the molecule is Cl.Cl.c1cncc(SSc2cccnc2)c1. The van der Waals surface area contributed by atoms with Gasteiger partial charge in [-0.1, -0.05) is 21.6 Å². The second-order valence-corrected chi connectivity index (χ2v) is 4.82. The van der Waals surface area contributed by atoms with Gasteiger partial charge in [0.25, 0.3) is 0 Å². The monoisotopic (exact) mass is 292 g/mol. The van der Waals surface area contributed by atoms with E-state index in [1.54, 1.807) is 34.0 Å². The van der Waals surface area contributed by atoms with E-state index in [0.29, 0.717) is 0 Å². The van der Waals surface area contributed by atoms with Gasteiger partial charge < -0.3 is 0 Å². The van der Waals surface area contributed by atoms with Gasteiger partial charge in [0, 0.05) is 34.6 Å². The predicted octanol–water partition coefficient (Wildman–Crippen LogP) is 4.12. The first kappa shape index (κ1) is 15.6. The second kappa shape index (κ2) is 8.70. The summed E-state index contributed by atoms with van der Waals surface area (Å²) in [4.78, 5) is 10.4. The summed E-state index contributed by atoms with van der Waals surface area (Å²) in [5.41, 5.74) is 0. The van der Waals surface area contributed by atoms with E-state index in [1.807, 2.05) is 36.7 Å². The molecule has 0 saturated heterocycles. The summed E-state index contributed by atoms with van der Waals surface area (Å²) in [6.07, 6.45) is 7.26. The molecule has 2 aromatic heterocycles. The van der Waals surface area contributed by atoms with Crippen LogP contribution in [0.15, 0.2) is 58.8 Å². The summed E-state index contributed by atoms with van der Waals surface area (Å²) in [6, 6.07) is 7.96. The van der Waals surface area contributed by atoms with E-state index in [1.165, 1.54) is 0 Å². The fourth-order valence-electron chi connectivity index (χ4n) is 0.889. The van der Waals surface area contributed by atoms with Crippen molar-refractivity contribution in [3.05, 3.63) is 49.1 Å².